The molecule has 2 aromatic rings. The molecule has 0 bridgehead atoms. The largest absolute Gasteiger partial charge is 0.314 e. The van der Waals surface area contributed by atoms with Crippen LogP contribution in [0.25, 0.3) is 11.3 Å². The van der Waals surface area contributed by atoms with E-state index in [1.807, 2.05) is 6.33 Å². The van der Waals surface area contributed by atoms with E-state index >= 15 is 0 Å². The van der Waals surface area contributed by atoms with Gasteiger partial charge in [-0.1, -0.05) is 19.3 Å². The molecule has 1 aliphatic carbocycles. The first kappa shape index (κ1) is 11.1. The van der Waals surface area contributed by atoms with Crippen molar-refractivity contribution in [3.8, 4) is 0 Å². The Balaban J connectivity index is 1.86. The highest BCUT2D eigenvalue weighted by molar-refractivity contribution is 9.10. The van der Waals surface area contributed by atoms with Gasteiger partial charge in [-0.2, -0.15) is 0 Å². The summed E-state index contributed by atoms with van der Waals surface area (Å²) in [5.74, 6) is 0.780. The van der Waals surface area contributed by atoms with E-state index in [1.165, 1.54) is 32.1 Å². The van der Waals surface area contributed by atoms with Gasteiger partial charge in [0, 0.05) is 6.54 Å². The van der Waals surface area contributed by atoms with Crippen LogP contribution in [0.5, 0.6) is 0 Å². The summed E-state index contributed by atoms with van der Waals surface area (Å²) in [7, 11) is 0. The molecule has 0 saturated heterocycles. The van der Waals surface area contributed by atoms with E-state index in [2.05, 4.69) is 35.4 Å². The Bertz CT molecular complexity index is 516. The molecule has 1 saturated carbocycles. The molecule has 0 aromatic carbocycles. The number of halogens is 1. The van der Waals surface area contributed by atoms with Gasteiger partial charge in [-0.25, -0.2) is 15.0 Å². The van der Waals surface area contributed by atoms with Gasteiger partial charge in [-0.3, -0.25) is 0 Å². The van der Waals surface area contributed by atoms with Gasteiger partial charge < -0.3 is 4.57 Å². The van der Waals surface area contributed by atoms with E-state index in [0.717, 1.165) is 28.4 Å². The van der Waals surface area contributed by atoms with Gasteiger partial charge in [0.05, 0.1) is 12.5 Å². The van der Waals surface area contributed by atoms with Crippen LogP contribution < -0.4 is 0 Å². The standard InChI is InChI=1S/C12H15BrN4/c13-10-6-14-11-12(16-10)17(8-15-11)7-9-4-2-1-3-5-9/h6,8-9H,1-5,7H2. The quantitative estimate of drug-likeness (QED) is 0.854. The first-order valence-electron chi connectivity index (χ1n) is 6.16. The lowest BCUT2D eigenvalue weighted by atomic mass is 9.89. The summed E-state index contributed by atoms with van der Waals surface area (Å²) < 4.78 is 2.92. The van der Waals surface area contributed by atoms with E-state index in [0.29, 0.717) is 0 Å². The summed E-state index contributed by atoms with van der Waals surface area (Å²) in [6, 6.07) is 0. The predicted molar refractivity (Wildman–Crippen MR) is 69.6 cm³/mol. The molecule has 2 heterocycles. The van der Waals surface area contributed by atoms with Gasteiger partial charge >= 0.3 is 0 Å². The third-order valence-electron chi connectivity index (χ3n) is 3.48. The monoisotopic (exact) mass is 294 g/mol. The van der Waals surface area contributed by atoms with Crippen LogP contribution in [0.3, 0.4) is 0 Å². The van der Waals surface area contributed by atoms with Crippen molar-refractivity contribution in [2.75, 3.05) is 0 Å². The van der Waals surface area contributed by atoms with Crippen molar-refractivity contribution >= 4 is 27.2 Å². The molecule has 17 heavy (non-hydrogen) atoms. The summed E-state index contributed by atoms with van der Waals surface area (Å²) in [5.41, 5.74) is 1.63. The van der Waals surface area contributed by atoms with E-state index in [4.69, 9.17) is 0 Å². The van der Waals surface area contributed by atoms with E-state index in [-0.39, 0.29) is 0 Å². The van der Waals surface area contributed by atoms with Gasteiger partial charge in [0.1, 0.15) is 4.60 Å². The first-order chi connectivity index (χ1) is 8.33. The molecule has 0 aliphatic heterocycles. The zero-order chi connectivity index (χ0) is 11.7. The van der Waals surface area contributed by atoms with Crippen molar-refractivity contribution in [3.63, 3.8) is 0 Å². The summed E-state index contributed by atoms with van der Waals surface area (Å²) >= 11 is 3.36. The maximum atomic E-state index is 4.46. The number of aromatic nitrogens is 4. The lowest BCUT2D eigenvalue weighted by Gasteiger charge is -2.21. The third kappa shape index (κ3) is 2.34. The van der Waals surface area contributed by atoms with Crippen molar-refractivity contribution in [3.05, 3.63) is 17.1 Å². The Hall–Kier alpha value is -0.970. The second-order valence-electron chi connectivity index (χ2n) is 4.74. The van der Waals surface area contributed by atoms with Crippen molar-refractivity contribution in [1.82, 2.24) is 19.5 Å². The predicted octanol–water partition coefficient (Wildman–Crippen LogP) is 3.17. The minimum atomic E-state index is 0.740. The fourth-order valence-corrected chi connectivity index (χ4v) is 2.87. The van der Waals surface area contributed by atoms with Crippen LogP contribution in [-0.2, 0) is 6.54 Å². The Morgan fingerprint density at radius 2 is 2.06 bits per heavy atom. The molecule has 0 amide bonds. The molecule has 0 unspecified atom stereocenters. The number of rotatable bonds is 2. The van der Waals surface area contributed by atoms with Crippen molar-refractivity contribution in [2.45, 2.75) is 38.6 Å². The number of nitrogens with zero attached hydrogens (tertiary/aromatic N) is 4. The fourth-order valence-electron chi connectivity index (χ4n) is 2.60. The summed E-state index contributed by atoms with van der Waals surface area (Å²) in [6.45, 7) is 1.03. The molecule has 0 radical (unpaired) electrons. The van der Waals surface area contributed by atoms with E-state index < -0.39 is 0 Å². The van der Waals surface area contributed by atoms with Gasteiger partial charge in [0.25, 0.3) is 0 Å². The van der Waals surface area contributed by atoms with Gasteiger partial charge in [-0.15, -0.1) is 0 Å². The number of fused-ring (bicyclic) bond motifs is 1. The van der Waals surface area contributed by atoms with Gasteiger partial charge in [0.2, 0.25) is 0 Å². The van der Waals surface area contributed by atoms with E-state index in [1.54, 1.807) is 6.20 Å². The molecule has 0 spiro atoms. The number of imidazole rings is 1. The second kappa shape index (κ2) is 4.72. The summed E-state index contributed by atoms with van der Waals surface area (Å²) in [6.07, 6.45) is 10.4. The molecule has 3 rings (SSSR count). The maximum Gasteiger partial charge on any atom is 0.197 e. The molecular weight excluding hydrogens is 280 g/mol. The zero-order valence-electron chi connectivity index (χ0n) is 9.64. The SMILES string of the molecule is Brc1cnc2ncn(CC3CCCCC3)c2n1. The molecule has 0 atom stereocenters. The Kier molecular flexibility index (Phi) is 3.09. The van der Waals surface area contributed by atoms with Crippen LogP contribution in [0.2, 0.25) is 0 Å². The number of hydrogen-bond acceptors (Lipinski definition) is 3. The molecule has 90 valence electrons. The molecule has 2 aromatic heterocycles. The fraction of sp³-hybridized carbons (Fsp3) is 0.583. The molecule has 5 heteroatoms. The smallest absolute Gasteiger partial charge is 0.197 e. The normalized spacial score (nSPS) is 17.7. The lowest BCUT2D eigenvalue weighted by molar-refractivity contribution is 0.321. The van der Waals surface area contributed by atoms with Crippen LogP contribution in [0.1, 0.15) is 32.1 Å². The maximum absolute atomic E-state index is 4.46. The van der Waals surface area contributed by atoms with Crippen molar-refractivity contribution in [1.29, 1.82) is 0 Å². The van der Waals surface area contributed by atoms with E-state index in [9.17, 15) is 0 Å². The topological polar surface area (TPSA) is 43.6 Å². The Labute approximate surface area is 109 Å². The Morgan fingerprint density at radius 3 is 2.88 bits per heavy atom. The zero-order valence-corrected chi connectivity index (χ0v) is 11.2. The Morgan fingerprint density at radius 1 is 1.24 bits per heavy atom. The minimum absolute atomic E-state index is 0.740. The average molecular weight is 295 g/mol. The highest BCUT2D eigenvalue weighted by atomic mass is 79.9. The highest BCUT2D eigenvalue weighted by Gasteiger charge is 2.15. The third-order valence-corrected chi connectivity index (χ3v) is 3.86. The second-order valence-corrected chi connectivity index (χ2v) is 5.55. The molecule has 1 fully saturated rings. The van der Waals surface area contributed by atoms with Crippen molar-refractivity contribution in [2.24, 2.45) is 5.92 Å². The molecule has 1 aliphatic rings. The van der Waals surface area contributed by atoms with Crippen LogP contribution in [-0.4, -0.2) is 19.5 Å². The summed E-state index contributed by atoms with van der Waals surface area (Å²) in [5, 5.41) is 0. The van der Waals surface area contributed by atoms with Crippen LogP contribution >= 0.6 is 15.9 Å². The average Bonchev–Trinajstić information content (AvgIpc) is 2.73. The molecule has 4 nitrogen and oxygen atoms in total. The molecule has 0 N–H and O–H groups in total. The summed E-state index contributed by atoms with van der Waals surface area (Å²) in [4.78, 5) is 13.0. The van der Waals surface area contributed by atoms with Crippen LogP contribution in [0.15, 0.2) is 17.1 Å². The van der Waals surface area contributed by atoms with Crippen LogP contribution in [0.4, 0.5) is 0 Å². The highest BCUT2D eigenvalue weighted by Crippen LogP contribution is 2.26. The lowest BCUT2D eigenvalue weighted by Crippen LogP contribution is -2.13. The van der Waals surface area contributed by atoms with Crippen molar-refractivity contribution < 1.29 is 0 Å². The first-order valence-corrected chi connectivity index (χ1v) is 6.95. The minimum Gasteiger partial charge on any atom is -0.314 e. The molecular formula is C12H15BrN4. The van der Waals surface area contributed by atoms with Gasteiger partial charge in [-0.05, 0) is 34.7 Å². The number of hydrogen-bond donors (Lipinski definition) is 0. The van der Waals surface area contributed by atoms with Gasteiger partial charge in [0.15, 0.2) is 11.3 Å². The van der Waals surface area contributed by atoms with Crippen LogP contribution in [0, 0.1) is 5.92 Å².